The smallest absolute Gasteiger partial charge is 0.242 e. The van der Waals surface area contributed by atoms with Crippen molar-refractivity contribution >= 4 is 17.5 Å². The molecule has 1 aromatic carbocycles. The van der Waals surface area contributed by atoms with Crippen molar-refractivity contribution in [3.05, 3.63) is 29.3 Å². The maximum Gasteiger partial charge on any atom is 0.242 e. The fourth-order valence-corrected chi connectivity index (χ4v) is 3.40. The Morgan fingerprint density at radius 3 is 2.32 bits per heavy atom. The van der Waals surface area contributed by atoms with E-state index in [2.05, 4.69) is 0 Å². The Labute approximate surface area is 148 Å². The number of aryl methyl sites for hydroxylation is 2. The van der Waals surface area contributed by atoms with Crippen LogP contribution in [0, 0.1) is 13.8 Å². The second-order valence-electron chi connectivity index (χ2n) is 6.86. The monoisotopic (exact) mass is 346 g/mol. The number of amides is 2. The standard InChI is InChI=1S/C19H26N2O4/c1-14-4-5-17(12-15(14)2)21(16(3)22)13-18(23)20-8-6-19(7-9-20)24-10-11-25-19/h4-5,12H,6-11,13H2,1-3H3. The largest absolute Gasteiger partial charge is 0.347 e. The summed E-state index contributed by atoms with van der Waals surface area (Å²) < 4.78 is 11.4. The van der Waals surface area contributed by atoms with Crippen LogP contribution in [0.1, 0.15) is 30.9 Å². The van der Waals surface area contributed by atoms with Gasteiger partial charge in [0.05, 0.1) is 13.2 Å². The average molecular weight is 346 g/mol. The number of nitrogens with zero attached hydrogens (tertiary/aromatic N) is 2. The van der Waals surface area contributed by atoms with Gasteiger partial charge in [0.15, 0.2) is 5.79 Å². The molecule has 3 rings (SSSR count). The summed E-state index contributed by atoms with van der Waals surface area (Å²) in [4.78, 5) is 28.1. The van der Waals surface area contributed by atoms with Crippen molar-refractivity contribution in [1.29, 1.82) is 0 Å². The first-order valence-corrected chi connectivity index (χ1v) is 8.81. The van der Waals surface area contributed by atoms with Crippen molar-refractivity contribution in [3.63, 3.8) is 0 Å². The Morgan fingerprint density at radius 1 is 1.12 bits per heavy atom. The van der Waals surface area contributed by atoms with Crippen molar-refractivity contribution < 1.29 is 19.1 Å². The highest BCUT2D eigenvalue weighted by atomic mass is 16.7. The van der Waals surface area contributed by atoms with E-state index >= 15 is 0 Å². The fraction of sp³-hybridized carbons (Fsp3) is 0.579. The van der Waals surface area contributed by atoms with E-state index in [1.807, 2.05) is 32.0 Å². The van der Waals surface area contributed by atoms with E-state index in [4.69, 9.17) is 9.47 Å². The molecular weight excluding hydrogens is 320 g/mol. The summed E-state index contributed by atoms with van der Waals surface area (Å²) in [6.07, 6.45) is 1.37. The molecule has 0 atom stereocenters. The van der Waals surface area contributed by atoms with Gasteiger partial charge in [-0.05, 0) is 37.1 Å². The Bertz CT molecular complexity index is 657. The second kappa shape index (κ2) is 7.14. The summed E-state index contributed by atoms with van der Waals surface area (Å²) in [5, 5.41) is 0. The number of benzene rings is 1. The van der Waals surface area contributed by atoms with Gasteiger partial charge in [-0.15, -0.1) is 0 Å². The van der Waals surface area contributed by atoms with Gasteiger partial charge in [-0.3, -0.25) is 9.59 Å². The Balaban J connectivity index is 1.65. The number of ether oxygens (including phenoxy) is 2. The van der Waals surface area contributed by atoms with E-state index in [-0.39, 0.29) is 18.4 Å². The first kappa shape index (κ1) is 17.9. The molecule has 25 heavy (non-hydrogen) atoms. The van der Waals surface area contributed by atoms with Crippen LogP contribution >= 0.6 is 0 Å². The minimum Gasteiger partial charge on any atom is -0.347 e. The highest BCUT2D eigenvalue weighted by molar-refractivity contribution is 5.97. The third-order valence-electron chi connectivity index (χ3n) is 5.17. The number of anilines is 1. The van der Waals surface area contributed by atoms with E-state index < -0.39 is 5.79 Å². The lowest BCUT2D eigenvalue weighted by Gasteiger charge is -2.38. The highest BCUT2D eigenvalue weighted by Crippen LogP contribution is 2.31. The zero-order chi connectivity index (χ0) is 18.0. The van der Waals surface area contributed by atoms with Gasteiger partial charge in [0.25, 0.3) is 0 Å². The second-order valence-corrected chi connectivity index (χ2v) is 6.86. The molecule has 2 heterocycles. The highest BCUT2D eigenvalue weighted by Gasteiger charge is 2.40. The van der Waals surface area contributed by atoms with Crippen LogP contribution in [-0.4, -0.2) is 55.3 Å². The van der Waals surface area contributed by atoms with Crippen LogP contribution in [0.3, 0.4) is 0 Å². The minimum atomic E-state index is -0.495. The molecule has 0 saturated carbocycles. The molecule has 0 aliphatic carbocycles. The third kappa shape index (κ3) is 3.85. The number of piperidine rings is 1. The summed E-state index contributed by atoms with van der Waals surface area (Å²) in [6.45, 7) is 8.02. The van der Waals surface area contributed by atoms with E-state index in [0.717, 1.165) is 16.8 Å². The molecule has 0 N–H and O–H groups in total. The quantitative estimate of drug-likeness (QED) is 0.840. The maximum atomic E-state index is 12.7. The van der Waals surface area contributed by atoms with Gasteiger partial charge in [0.1, 0.15) is 6.54 Å². The predicted octanol–water partition coefficient (Wildman–Crippen LogP) is 2.02. The molecule has 2 aliphatic rings. The lowest BCUT2D eigenvalue weighted by molar-refractivity contribution is -0.187. The topological polar surface area (TPSA) is 59.1 Å². The van der Waals surface area contributed by atoms with Crippen LogP contribution in [0.15, 0.2) is 18.2 Å². The molecule has 2 aliphatic heterocycles. The summed E-state index contributed by atoms with van der Waals surface area (Å²) in [7, 11) is 0. The fourth-order valence-electron chi connectivity index (χ4n) is 3.40. The molecule has 6 heteroatoms. The van der Waals surface area contributed by atoms with E-state index in [1.165, 1.54) is 6.92 Å². The summed E-state index contributed by atoms with van der Waals surface area (Å²) in [5.41, 5.74) is 3.03. The molecule has 2 amide bonds. The zero-order valence-corrected chi connectivity index (χ0v) is 15.2. The van der Waals surface area contributed by atoms with Crippen LogP contribution in [0.2, 0.25) is 0 Å². The summed E-state index contributed by atoms with van der Waals surface area (Å²) in [5.74, 6) is -0.667. The third-order valence-corrected chi connectivity index (χ3v) is 5.17. The molecule has 2 saturated heterocycles. The molecule has 1 aromatic rings. The molecule has 0 radical (unpaired) electrons. The number of rotatable bonds is 3. The zero-order valence-electron chi connectivity index (χ0n) is 15.2. The first-order chi connectivity index (χ1) is 11.9. The maximum absolute atomic E-state index is 12.7. The Hall–Kier alpha value is -1.92. The molecule has 0 bridgehead atoms. The van der Waals surface area contributed by atoms with Crippen LogP contribution in [0.25, 0.3) is 0 Å². The van der Waals surface area contributed by atoms with Gasteiger partial charge in [-0.25, -0.2) is 0 Å². The van der Waals surface area contributed by atoms with E-state index in [1.54, 1.807) is 9.80 Å². The predicted molar refractivity (Wildman–Crippen MR) is 94.4 cm³/mol. The normalized spacial score (nSPS) is 19.2. The summed E-state index contributed by atoms with van der Waals surface area (Å²) in [6, 6.07) is 5.82. The van der Waals surface area contributed by atoms with Crippen LogP contribution in [-0.2, 0) is 19.1 Å². The molecular formula is C19H26N2O4. The van der Waals surface area contributed by atoms with E-state index in [0.29, 0.717) is 39.1 Å². The number of carbonyl (C=O) groups is 2. The van der Waals surface area contributed by atoms with Gasteiger partial charge in [-0.2, -0.15) is 0 Å². The lowest BCUT2D eigenvalue weighted by Crippen LogP contribution is -2.50. The van der Waals surface area contributed by atoms with Crippen LogP contribution in [0.4, 0.5) is 5.69 Å². The number of hydrogen-bond donors (Lipinski definition) is 0. The molecule has 136 valence electrons. The lowest BCUT2D eigenvalue weighted by atomic mass is 10.0. The molecule has 6 nitrogen and oxygen atoms in total. The van der Waals surface area contributed by atoms with E-state index in [9.17, 15) is 9.59 Å². The Morgan fingerprint density at radius 2 is 1.76 bits per heavy atom. The molecule has 1 spiro atoms. The van der Waals surface area contributed by atoms with Gasteiger partial charge in [0.2, 0.25) is 11.8 Å². The van der Waals surface area contributed by atoms with Gasteiger partial charge >= 0.3 is 0 Å². The number of carbonyl (C=O) groups excluding carboxylic acids is 2. The molecule has 0 unspecified atom stereocenters. The summed E-state index contributed by atoms with van der Waals surface area (Å²) >= 11 is 0. The van der Waals surface area contributed by atoms with Crippen molar-refractivity contribution in [1.82, 2.24) is 4.90 Å². The van der Waals surface area contributed by atoms with Gasteiger partial charge in [0, 0.05) is 38.5 Å². The van der Waals surface area contributed by atoms with Crippen molar-refractivity contribution in [2.75, 3.05) is 37.7 Å². The number of likely N-dealkylation sites (tertiary alicyclic amines) is 1. The molecule has 0 aromatic heterocycles. The minimum absolute atomic E-state index is 0.0405. The van der Waals surface area contributed by atoms with Crippen molar-refractivity contribution in [2.45, 2.75) is 39.4 Å². The molecule has 2 fully saturated rings. The Kier molecular flexibility index (Phi) is 5.11. The van der Waals surface area contributed by atoms with Crippen molar-refractivity contribution in [2.24, 2.45) is 0 Å². The van der Waals surface area contributed by atoms with Gasteiger partial charge < -0.3 is 19.3 Å². The van der Waals surface area contributed by atoms with Crippen LogP contribution < -0.4 is 4.90 Å². The SMILES string of the molecule is CC(=O)N(CC(=O)N1CCC2(CC1)OCCO2)c1ccc(C)c(C)c1. The van der Waals surface area contributed by atoms with Crippen LogP contribution in [0.5, 0.6) is 0 Å². The average Bonchev–Trinajstić information content (AvgIpc) is 3.03. The number of hydrogen-bond acceptors (Lipinski definition) is 4. The van der Waals surface area contributed by atoms with Gasteiger partial charge in [-0.1, -0.05) is 6.07 Å². The van der Waals surface area contributed by atoms with Crippen molar-refractivity contribution in [3.8, 4) is 0 Å². The first-order valence-electron chi connectivity index (χ1n) is 8.81.